The molecule has 1 unspecified atom stereocenters. The molecule has 0 bridgehead atoms. The summed E-state index contributed by atoms with van der Waals surface area (Å²) < 4.78 is 18.9. The molecule has 0 aromatic heterocycles. The predicted molar refractivity (Wildman–Crippen MR) is 72.2 cm³/mol. The first kappa shape index (κ1) is 14.9. The molecular formula is C14H23FN2O. The smallest absolute Gasteiger partial charge is 0.165 e. The fraction of sp³-hybridized carbons (Fsp3) is 0.571. The lowest BCUT2D eigenvalue weighted by Gasteiger charge is -2.24. The summed E-state index contributed by atoms with van der Waals surface area (Å²) in [5, 5.41) is 0. The molecular weight excluding hydrogens is 231 g/mol. The van der Waals surface area contributed by atoms with Gasteiger partial charge in [-0.25, -0.2) is 4.39 Å². The topological polar surface area (TPSA) is 38.5 Å². The summed E-state index contributed by atoms with van der Waals surface area (Å²) >= 11 is 0. The van der Waals surface area contributed by atoms with Crippen molar-refractivity contribution >= 4 is 0 Å². The third kappa shape index (κ3) is 4.27. The molecule has 1 rings (SSSR count). The largest absolute Gasteiger partial charge is 0.491 e. The number of nitrogens with zero attached hydrogens (tertiary/aromatic N) is 1. The van der Waals surface area contributed by atoms with Crippen LogP contribution in [0.2, 0.25) is 0 Å². The van der Waals surface area contributed by atoms with Crippen LogP contribution in [0.1, 0.15) is 25.8 Å². The van der Waals surface area contributed by atoms with Gasteiger partial charge in [-0.15, -0.1) is 0 Å². The maximum Gasteiger partial charge on any atom is 0.165 e. The minimum Gasteiger partial charge on any atom is -0.491 e. The zero-order chi connectivity index (χ0) is 13.5. The average Bonchev–Trinajstić information content (AvgIpc) is 2.33. The lowest BCUT2D eigenvalue weighted by Crippen LogP contribution is -2.30. The first-order valence-electron chi connectivity index (χ1n) is 6.40. The van der Waals surface area contributed by atoms with E-state index in [9.17, 15) is 4.39 Å². The number of halogens is 1. The van der Waals surface area contributed by atoms with E-state index < -0.39 is 0 Å². The maximum atomic E-state index is 13.7. The fourth-order valence-electron chi connectivity index (χ4n) is 1.82. The van der Waals surface area contributed by atoms with Gasteiger partial charge in [-0.1, -0.05) is 6.07 Å². The lowest BCUT2D eigenvalue weighted by molar-refractivity contribution is 0.240. The van der Waals surface area contributed by atoms with Crippen LogP contribution < -0.4 is 10.5 Å². The van der Waals surface area contributed by atoms with Crippen LogP contribution in [0, 0.1) is 5.82 Å². The molecule has 1 aromatic rings. The third-order valence-corrected chi connectivity index (χ3v) is 3.06. The highest BCUT2D eigenvalue weighted by Crippen LogP contribution is 2.19. The molecule has 0 fully saturated rings. The summed E-state index contributed by atoms with van der Waals surface area (Å²) in [6.07, 6.45) is 0.940. The van der Waals surface area contributed by atoms with Gasteiger partial charge in [0.05, 0.1) is 6.61 Å². The summed E-state index contributed by atoms with van der Waals surface area (Å²) in [6, 6.07) is 5.52. The van der Waals surface area contributed by atoms with E-state index in [-0.39, 0.29) is 5.82 Å². The van der Waals surface area contributed by atoms with Crippen LogP contribution in [0.3, 0.4) is 0 Å². The molecule has 18 heavy (non-hydrogen) atoms. The van der Waals surface area contributed by atoms with Gasteiger partial charge >= 0.3 is 0 Å². The first-order chi connectivity index (χ1) is 8.58. The highest BCUT2D eigenvalue weighted by molar-refractivity contribution is 5.29. The van der Waals surface area contributed by atoms with Crippen molar-refractivity contribution in [3.63, 3.8) is 0 Å². The molecule has 2 N–H and O–H groups in total. The van der Waals surface area contributed by atoms with Gasteiger partial charge in [0.1, 0.15) is 0 Å². The Bertz CT molecular complexity index is 371. The van der Waals surface area contributed by atoms with Crippen LogP contribution in [0.25, 0.3) is 0 Å². The molecule has 102 valence electrons. The average molecular weight is 254 g/mol. The van der Waals surface area contributed by atoms with Crippen molar-refractivity contribution in [2.75, 3.05) is 20.2 Å². The van der Waals surface area contributed by atoms with Crippen LogP contribution in [0.15, 0.2) is 18.2 Å². The van der Waals surface area contributed by atoms with E-state index in [2.05, 4.69) is 11.8 Å². The van der Waals surface area contributed by atoms with Crippen LogP contribution in [0.4, 0.5) is 4.39 Å². The summed E-state index contributed by atoms with van der Waals surface area (Å²) in [5.41, 5.74) is 6.48. The number of hydrogen-bond acceptors (Lipinski definition) is 3. The third-order valence-electron chi connectivity index (χ3n) is 3.06. The summed E-state index contributed by atoms with van der Waals surface area (Å²) in [4.78, 5) is 2.17. The Labute approximate surface area is 109 Å². The van der Waals surface area contributed by atoms with Crippen molar-refractivity contribution in [2.45, 2.75) is 32.9 Å². The van der Waals surface area contributed by atoms with Crippen molar-refractivity contribution in [1.29, 1.82) is 0 Å². The molecule has 0 aliphatic rings. The van der Waals surface area contributed by atoms with E-state index in [0.29, 0.717) is 31.5 Å². The zero-order valence-corrected chi connectivity index (χ0v) is 11.4. The Balaban J connectivity index is 2.65. The summed E-state index contributed by atoms with van der Waals surface area (Å²) in [6.45, 7) is 5.82. The Hall–Kier alpha value is -1.13. The molecule has 0 spiro atoms. The molecule has 1 aromatic carbocycles. The molecule has 3 nitrogen and oxygen atoms in total. The fourth-order valence-corrected chi connectivity index (χ4v) is 1.82. The van der Waals surface area contributed by atoms with Crippen LogP contribution in [-0.2, 0) is 6.54 Å². The predicted octanol–water partition coefficient (Wildman–Crippen LogP) is 2.39. The Morgan fingerprint density at radius 1 is 1.44 bits per heavy atom. The van der Waals surface area contributed by atoms with Gasteiger partial charge in [-0.2, -0.15) is 0 Å². The SMILES string of the molecule is CCOc1ccc(CN(C)C(C)CCN)cc1F. The van der Waals surface area contributed by atoms with E-state index in [1.54, 1.807) is 6.07 Å². The van der Waals surface area contributed by atoms with Crippen molar-refractivity contribution in [1.82, 2.24) is 4.90 Å². The van der Waals surface area contributed by atoms with Crippen LogP contribution in [0.5, 0.6) is 5.75 Å². The minimum absolute atomic E-state index is 0.297. The lowest BCUT2D eigenvalue weighted by atomic mass is 10.1. The van der Waals surface area contributed by atoms with E-state index in [1.165, 1.54) is 6.07 Å². The molecule has 0 radical (unpaired) electrons. The molecule has 0 amide bonds. The van der Waals surface area contributed by atoms with Gasteiger partial charge in [0.2, 0.25) is 0 Å². The summed E-state index contributed by atoms with van der Waals surface area (Å²) in [5.74, 6) is 0.0214. The van der Waals surface area contributed by atoms with Gasteiger partial charge in [0.25, 0.3) is 0 Å². The van der Waals surface area contributed by atoms with Gasteiger partial charge in [0.15, 0.2) is 11.6 Å². The van der Waals surface area contributed by atoms with Crippen molar-refractivity contribution in [2.24, 2.45) is 5.73 Å². The van der Waals surface area contributed by atoms with E-state index in [1.807, 2.05) is 20.0 Å². The number of ether oxygens (including phenoxy) is 1. The molecule has 1 atom stereocenters. The van der Waals surface area contributed by atoms with Crippen molar-refractivity contribution < 1.29 is 9.13 Å². The van der Waals surface area contributed by atoms with E-state index in [4.69, 9.17) is 10.5 Å². The molecule has 0 aliphatic heterocycles. The highest BCUT2D eigenvalue weighted by atomic mass is 19.1. The van der Waals surface area contributed by atoms with Gasteiger partial charge in [0, 0.05) is 12.6 Å². The standard InChI is InChI=1S/C14H23FN2O/c1-4-18-14-6-5-12(9-13(14)15)10-17(3)11(2)7-8-16/h5-6,9,11H,4,7-8,10,16H2,1-3H3. The second kappa shape index (κ2) is 7.34. The number of benzene rings is 1. The Morgan fingerprint density at radius 2 is 2.17 bits per heavy atom. The molecule has 0 heterocycles. The van der Waals surface area contributed by atoms with Gasteiger partial charge in [-0.05, 0) is 51.6 Å². The maximum absolute atomic E-state index is 13.7. The summed E-state index contributed by atoms with van der Waals surface area (Å²) in [7, 11) is 2.02. The quantitative estimate of drug-likeness (QED) is 0.812. The molecule has 0 aliphatic carbocycles. The zero-order valence-electron chi connectivity index (χ0n) is 11.4. The van der Waals surface area contributed by atoms with Crippen molar-refractivity contribution in [3.05, 3.63) is 29.6 Å². The Kier molecular flexibility index (Phi) is 6.09. The number of hydrogen-bond donors (Lipinski definition) is 1. The van der Waals surface area contributed by atoms with Crippen LogP contribution >= 0.6 is 0 Å². The Morgan fingerprint density at radius 3 is 2.72 bits per heavy atom. The second-order valence-electron chi connectivity index (χ2n) is 4.54. The number of rotatable bonds is 7. The first-order valence-corrected chi connectivity index (χ1v) is 6.40. The second-order valence-corrected chi connectivity index (χ2v) is 4.54. The normalized spacial score (nSPS) is 12.8. The highest BCUT2D eigenvalue weighted by Gasteiger charge is 2.10. The van der Waals surface area contributed by atoms with E-state index in [0.717, 1.165) is 12.0 Å². The minimum atomic E-state index is -0.297. The number of nitrogens with two attached hydrogens (primary N) is 1. The molecule has 0 saturated heterocycles. The monoisotopic (exact) mass is 254 g/mol. The van der Waals surface area contributed by atoms with Crippen LogP contribution in [-0.4, -0.2) is 31.1 Å². The van der Waals surface area contributed by atoms with Crippen molar-refractivity contribution in [3.8, 4) is 5.75 Å². The van der Waals surface area contributed by atoms with Gasteiger partial charge < -0.3 is 10.5 Å². The van der Waals surface area contributed by atoms with Gasteiger partial charge in [-0.3, -0.25) is 4.90 Å². The van der Waals surface area contributed by atoms with E-state index >= 15 is 0 Å². The molecule has 4 heteroatoms. The molecule has 0 saturated carbocycles.